The van der Waals surface area contributed by atoms with Gasteiger partial charge in [0.15, 0.2) is 6.10 Å². The van der Waals surface area contributed by atoms with E-state index >= 15 is 0 Å². The highest BCUT2D eigenvalue weighted by Gasteiger charge is 2.38. The second-order valence-corrected chi connectivity index (χ2v) is 3.36. The van der Waals surface area contributed by atoms with Gasteiger partial charge in [0.25, 0.3) is 0 Å². The third-order valence-electron chi connectivity index (χ3n) is 2.03. The van der Waals surface area contributed by atoms with E-state index in [9.17, 15) is 18.0 Å². The molecule has 94 valence electrons. The number of halogens is 3. The van der Waals surface area contributed by atoms with Gasteiger partial charge in [0.05, 0.1) is 5.56 Å². The molecule has 1 aromatic rings. The van der Waals surface area contributed by atoms with Crippen molar-refractivity contribution in [2.75, 3.05) is 5.73 Å². The van der Waals surface area contributed by atoms with Crippen molar-refractivity contribution in [2.45, 2.75) is 19.2 Å². The maximum absolute atomic E-state index is 12.2. The van der Waals surface area contributed by atoms with Crippen LogP contribution in [0.5, 0.6) is 5.75 Å². The van der Waals surface area contributed by atoms with Crippen LogP contribution in [0.3, 0.4) is 0 Å². The Bertz CT molecular complexity index is 431. The fraction of sp³-hybridized carbons (Fsp3) is 0.300. The van der Waals surface area contributed by atoms with Crippen molar-refractivity contribution in [3.8, 4) is 5.75 Å². The molecule has 0 heterocycles. The van der Waals surface area contributed by atoms with Gasteiger partial charge in [-0.25, -0.2) is 4.79 Å². The van der Waals surface area contributed by atoms with Crippen LogP contribution in [0.15, 0.2) is 18.2 Å². The summed E-state index contributed by atoms with van der Waals surface area (Å²) < 4.78 is 41.2. The topological polar surface area (TPSA) is 72.5 Å². The van der Waals surface area contributed by atoms with Gasteiger partial charge in [0.2, 0.25) is 0 Å². The predicted octanol–water partition coefficient (Wildman–Crippen LogP) is 2.30. The zero-order chi connectivity index (χ0) is 13.2. The zero-order valence-electron chi connectivity index (χ0n) is 8.78. The summed E-state index contributed by atoms with van der Waals surface area (Å²) in [7, 11) is 0. The van der Waals surface area contributed by atoms with Crippen LogP contribution < -0.4 is 10.5 Å². The third-order valence-corrected chi connectivity index (χ3v) is 2.03. The molecule has 1 unspecified atom stereocenters. The van der Waals surface area contributed by atoms with Crippen LogP contribution >= 0.6 is 0 Å². The van der Waals surface area contributed by atoms with Crippen molar-refractivity contribution in [3.63, 3.8) is 0 Å². The smallest absolute Gasteiger partial charge is 0.425 e. The molecule has 0 saturated carbocycles. The van der Waals surface area contributed by atoms with Crippen molar-refractivity contribution in [2.24, 2.45) is 0 Å². The lowest BCUT2D eigenvalue weighted by molar-refractivity contribution is -0.189. The largest absolute Gasteiger partial charge is 0.481 e. The molecule has 0 radical (unpaired) electrons. The van der Waals surface area contributed by atoms with Crippen LogP contribution in [0.2, 0.25) is 0 Å². The van der Waals surface area contributed by atoms with Gasteiger partial charge in [0, 0.05) is 11.8 Å². The van der Waals surface area contributed by atoms with Gasteiger partial charge in [-0.2, -0.15) is 13.2 Å². The number of aromatic carboxylic acids is 1. The Balaban J connectivity index is 2.88. The number of ether oxygens (including phenoxy) is 1. The molecular weight excluding hydrogens is 239 g/mol. The van der Waals surface area contributed by atoms with Gasteiger partial charge in [-0.1, -0.05) is 0 Å². The van der Waals surface area contributed by atoms with Crippen LogP contribution in [0.4, 0.5) is 18.9 Å². The fourth-order valence-electron chi connectivity index (χ4n) is 1.08. The lowest BCUT2D eigenvalue weighted by Gasteiger charge is -2.18. The van der Waals surface area contributed by atoms with Gasteiger partial charge in [0.1, 0.15) is 5.75 Å². The summed E-state index contributed by atoms with van der Waals surface area (Å²) in [5, 5.41) is 8.67. The Morgan fingerprint density at radius 1 is 1.47 bits per heavy atom. The highest BCUT2D eigenvalue weighted by Crippen LogP contribution is 2.27. The molecule has 0 fully saturated rings. The summed E-state index contributed by atoms with van der Waals surface area (Å²) in [6.45, 7) is 0.849. The minimum Gasteiger partial charge on any atom is -0.481 e. The molecule has 0 aliphatic rings. The van der Waals surface area contributed by atoms with Crippen LogP contribution in [0, 0.1) is 0 Å². The molecule has 0 saturated heterocycles. The molecule has 0 bridgehead atoms. The van der Waals surface area contributed by atoms with Crippen LogP contribution in [-0.4, -0.2) is 23.4 Å². The lowest BCUT2D eigenvalue weighted by atomic mass is 10.2. The van der Waals surface area contributed by atoms with Gasteiger partial charge in [-0.3, -0.25) is 0 Å². The zero-order valence-corrected chi connectivity index (χ0v) is 8.78. The molecule has 4 nitrogen and oxygen atoms in total. The first-order valence-electron chi connectivity index (χ1n) is 4.58. The molecule has 0 aliphatic heterocycles. The molecular formula is C10H10F3NO3. The standard InChI is InChI=1S/C10H10F3NO3/c1-5(10(11,12)13)17-6-2-3-7(9(15)16)8(14)4-6/h2-5H,14H2,1H3,(H,15,16). The Morgan fingerprint density at radius 2 is 2.06 bits per heavy atom. The first-order valence-corrected chi connectivity index (χ1v) is 4.58. The van der Waals surface area contributed by atoms with Crippen LogP contribution in [-0.2, 0) is 0 Å². The number of hydrogen-bond donors (Lipinski definition) is 2. The highest BCUT2D eigenvalue weighted by molar-refractivity contribution is 5.93. The number of carboxylic acids is 1. The van der Waals surface area contributed by atoms with E-state index in [1.807, 2.05) is 0 Å². The maximum Gasteiger partial charge on any atom is 0.425 e. The molecule has 0 amide bonds. The summed E-state index contributed by atoms with van der Waals surface area (Å²) in [4.78, 5) is 10.6. The molecule has 3 N–H and O–H groups in total. The Morgan fingerprint density at radius 3 is 2.47 bits per heavy atom. The number of benzene rings is 1. The third kappa shape index (κ3) is 3.27. The molecule has 0 aromatic heterocycles. The molecule has 7 heteroatoms. The Kier molecular flexibility index (Phi) is 3.50. The van der Waals surface area contributed by atoms with Crippen molar-refractivity contribution >= 4 is 11.7 Å². The van der Waals surface area contributed by atoms with Crippen molar-refractivity contribution < 1.29 is 27.8 Å². The Hall–Kier alpha value is -1.92. The van der Waals surface area contributed by atoms with E-state index < -0.39 is 18.2 Å². The molecule has 0 spiro atoms. The quantitative estimate of drug-likeness (QED) is 0.806. The van der Waals surface area contributed by atoms with Crippen molar-refractivity contribution in [1.82, 2.24) is 0 Å². The molecule has 0 aliphatic carbocycles. The van der Waals surface area contributed by atoms with E-state index in [2.05, 4.69) is 4.74 Å². The van der Waals surface area contributed by atoms with E-state index in [-0.39, 0.29) is 17.0 Å². The lowest BCUT2D eigenvalue weighted by Crippen LogP contribution is -2.31. The number of alkyl halides is 3. The maximum atomic E-state index is 12.2. The number of anilines is 1. The van der Waals surface area contributed by atoms with E-state index in [0.717, 1.165) is 25.1 Å². The van der Waals surface area contributed by atoms with E-state index in [0.29, 0.717) is 0 Å². The van der Waals surface area contributed by atoms with Crippen molar-refractivity contribution in [1.29, 1.82) is 0 Å². The summed E-state index contributed by atoms with van der Waals surface area (Å²) in [6.07, 6.45) is -6.47. The average Bonchev–Trinajstić information content (AvgIpc) is 2.15. The van der Waals surface area contributed by atoms with E-state index in [4.69, 9.17) is 10.8 Å². The van der Waals surface area contributed by atoms with Gasteiger partial charge in [-0.05, 0) is 19.1 Å². The minimum absolute atomic E-state index is 0.127. The molecule has 1 rings (SSSR count). The number of nitrogens with two attached hydrogens (primary N) is 1. The average molecular weight is 249 g/mol. The summed E-state index contributed by atoms with van der Waals surface area (Å²) in [5.74, 6) is -1.38. The van der Waals surface area contributed by atoms with E-state index in [1.165, 1.54) is 0 Å². The van der Waals surface area contributed by atoms with Gasteiger partial charge < -0.3 is 15.6 Å². The molecule has 17 heavy (non-hydrogen) atoms. The van der Waals surface area contributed by atoms with Gasteiger partial charge >= 0.3 is 12.1 Å². The van der Waals surface area contributed by atoms with Gasteiger partial charge in [-0.15, -0.1) is 0 Å². The number of hydrogen-bond acceptors (Lipinski definition) is 3. The summed E-state index contributed by atoms with van der Waals surface area (Å²) in [6, 6.07) is 3.27. The number of carboxylic acid groups (broad SMARTS) is 1. The summed E-state index contributed by atoms with van der Waals surface area (Å²) in [5.41, 5.74) is 5.03. The predicted molar refractivity (Wildman–Crippen MR) is 54.0 cm³/mol. The second kappa shape index (κ2) is 4.52. The highest BCUT2D eigenvalue weighted by atomic mass is 19.4. The number of rotatable bonds is 3. The fourth-order valence-corrected chi connectivity index (χ4v) is 1.08. The number of nitrogen functional groups attached to an aromatic ring is 1. The number of carbonyl (C=O) groups is 1. The molecule has 1 atom stereocenters. The Labute approximate surface area is 94.8 Å². The van der Waals surface area contributed by atoms with Crippen molar-refractivity contribution in [3.05, 3.63) is 23.8 Å². The van der Waals surface area contributed by atoms with Crippen LogP contribution in [0.1, 0.15) is 17.3 Å². The monoisotopic (exact) mass is 249 g/mol. The molecule has 1 aromatic carbocycles. The first-order chi connectivity index (χ1) is 7.71. The van der Waals surface area contributed by atoms with Crippen LogP contribution in [0.25, 0.3) is 0 Å². The second-order valence-electron chi connectivity index (χ2n) is 3.36. The normalized spacial score (nSPS) is 13.2. The minimum atomic E-state index is -4.49. The van der Waals surface area contributed by atoms with E-state index in [1.54, 1.807) is 0 Å². The first kappa shape index (κ1) is 13.1. The SMILES string of the molecule is CC(Oc1ccc(C(=O)O)c(N)c1)C(F)(F)F. The summed E-state index contributed by atoms with van der Waals surface area (Å²) >= 11 is 0.